The first-order valence-electron chi connectivity index (χ1n) is 8.34. The number of hydrogen-bond donors (Lipinski definition) is 2. The number of rotatable bonds is 5. The van der Waals surface area contributed by atoms with E-state index >= 15 is 0 Å². The van der Waals surface area contributed by atoms with Gasteiger partial charge < -0.3 is 25.3 Å². The number of nitrogens with zero attached hydrogens (tertiary/aromatic N) is 1. The zero-order chi connectivity index (χ0) is 17.5. The highest BCUT2D eigenvalue weighted by Gasteiger charge is 2.10. The van der Waals surface area contributed by atoms with Crippen LogP contribution in [-0.4, -0.2) is 32.8 Å². The Labute approximate surface area is 147 Å². The van der Waals surface area contributed by atoms with Gasteiger partial charge in [0, 0.05) is 24.7 Å². The molecule has 0 bridgehead atoms. The molecular formula is C19H23N3O3. The van der Waals surface area contributed by atoms with Crippen LogP contribution < -0.4 is 25.3 Å². The Morgan fingerprint density at radius 1 is 1.12 bits per heavy atom. The van der Waals surface area contributed by atoms with Crippen molar-refractivity contribution in [3.63, 3.8) is 0 Å². The quantitative estimate of drug-likeness (QED) is 0.646. The van der Waals surface area contributed by atoms with Gasteiger partial charge in [0.2, 0.25) is 0 Å². The molecule has 2 aromatic carbocycles. The lowest BCUT2D eigenvalue weighted by Gasteiger charge is -2.10. The molecule has 0 aliphatic carbocycles. The first kappa shape index (κ1) is 17.0. The van der Waals surface area contributed by atoms with Crippen molar-refractivity contribution >= 4 is 11.6 Å². The highest BCUT2D eigenvalue weighted by Crippen LogP contribution is 2.32. The number of fused-ring (bicyclic) bond motifs is 1. The van der Waals surface area contributed by atoms with E-state index < -0.39 is 0 Å². The van der Waals surface area contributed by atoms with E-state index in [1.165, 1.54) is 5.56 Å². The Hall–Kier alpha value is -2.89. The van der Waals surface area contributed by atoms with E-state index in [0.29, 0.717) is 25.7 Å². The molecule has 0 atom stereocenters. The standard InChI is InChI=1S/C19H23N3O3/c1-23-16-6-3-14(4-7-16)9-10-21-19(20)22-15-5-8-17-18(13-15)25-12-2-11-24-17/h3-8,13H,2,9-12H2,1H3,(H3,20,21,22). The molecule has 2 aromatic rings. The molecule has 6 heteroatoms. The first-order chi connectivity index (χ1) is 12.2. The van der Waals surface area contributed by atoms with Gasteiger partial charge in [-0.1, -0.05) is 12.1 Å². The number of aliphatic imine (C=N–C) groups is 1. The average Bonchev–Trinajstić information content (AvgIpc) is 2.87. The smallest absolute Gasteiger partial charge is 0.193 e. The van der Waals surface area contributed by atoms with Crippen molar-refractivity contribution in [3.05, 3.63) is 48.0 Å². The normalized spacial score (nSPS) is 13.9. The van der Waals surface area contributed by atoms with Gasteiger partial charge in [0.25, 0.3) is 0 Å². The largest absolute Gasteiger partial charge is 0.497 e. The minimum Gasteiger partial charge on any atom is -0.497 e. The van der Waals surface area contributed by atoms with Crippen LogP contribution in [0.2, 0.25) is 0 Å². The maximum absolute atomic E-state index is 5.97. The molecule has 3 rings (SSSR count). The van der Waals surface area contributed by atoms with Gasteiger partial charge >= 0.3 is 0 Å². The van der Waals surface area contributed by atoms with Crippen LogP contribution in [0.1, 0.15) is 12.0 Å². The Bertz CT molecular complexity index is 729. The lowest BCUT2D eigenvalue weighted by atomic mass is 10.1. The van der Waals surface area contributed by atoms with Gasteiger partial charge in [0.1, 0.15) is 5.75 Å². The van der Waals surface area contributed by atoms with Crippen molar-refractivity contribution in [2.24, 2.45) is 10.7 Å². The van der Waals surface area contributed by atoms with E-state index in [2.05, 4.69) is 10.3 Å². The predicted octanol–water partition coefficient (Wildman–Crippen LogP) is 2.83. The van der Waals surface area contributed by atoms with E-state index in [1.807, 2.05) is 42.5 Å². The van der Waals surface area contributed by atoms with Crippen LogP contribution in [-0.2, 0) is 6.42 Å². The monoisotopic (exact) mass is 341 g/mol. The summed E-state index contributed by atoms with van der Waals surface area (Å²) in [6.45, 7) is 1.94. The van der Waals surface area contributed by atoms with Crippen LogP contribution in [0.25, 0.3) is 0 Å². The highest BCUT2D eigenvalue weighted by atomic mass is 16.5. The summed E-state index contributed by atoms with van der Waals surface area (Å²) in [6, 6.07) is 13.6. The molecule has 0 saturated heterocycles. The third kappa shape index (κ3) is 4.79. The number of guanidine groups is 1. The summed E-state index contributed by atoms with van der Waals surface area (Å²) in [4.78, 5) is 4.37. The van der Waals surface area contributed by atoms with Crippen LogP contribution in [0.3, 0.4) is 0 Å². The molecule has 1 heterocycles. The number of ether oxygens (including phenoxy) is 3. The van der Waals surface area contributed by atoms with E-state index in [-0.39, 0.29) is 0 Å². The molecule has 1 aliphatic rings. The molecule has 0 radical (unpaired) electrons. The van der Waals surface area contributed by atoms with Crippen molar-refractivity contribution in [2.75, 3.05) is 32.2 Å². The second kappa shape index (κ2) is 8.28. The third-order valence-electron chi connectivity index (χ3n) is 3.86. The number of benzene rings is 2. The van der Waals surface area contributed by atoms with Crippen LogP contribution >= 0.6 is 0 Å². The van der Waals surface area contributed by atoms with Gasteiger partial charge in [0.05, 0.1) is 20.3 Å². The van der Waals surface area contributed by atoms with Gasteiger partial charge in [-0.15, -0.1) is 0 Å². The van der Waals surface area contributed by atoms with Crippen LogP contribution in [0.15, 0.2) is 47.5 Å². The summed E-state index contributed by atoms with van der Waals surface area (Å²) in [5.41, 5.74) is 7.99. The third-order valence-corrected chi connectivity index (χ3v) is 3.86. The molecule has 0 spiro atoms. The zero-order valence-electron chi connectivity index (χ0n) is 14.3. The summed E-state index contributed by atoms with van der Waals surface area (Å²) in [5.74, 6) is 2.72. The minimum absolute atomic E-state index is 0.378. The summed E-state index contributed by atoms with van der Waals surface area (Å²) in [5, 5.41) is 3.09. The molecule has 0 fully saturated rings. The molecule has 25 heavy (non-hydrogen) atoms. The van der Waals surface area contributed by atoms with Gasteiger partial charge in [-0.25, -0.2) is 0 Å². The lowest BCUT2D eigenvalue weighted by Crippen LogP contribution is -2.23. The van der Waals surface area contributed by atoms with Crippen molar-refractivity contribution in [1.29, 1.82) is 0 Å². The van der Waals surface area contributed by atoms with Crippen LogP contribution in [0.5, 0.6) is 17.2 Å². The predicted molar refractivity (Wildman–Crippen MR) is 98.9 cm³/mol. The summed E-state index contributed by atoms with van der Waals surface area (Å²) >= 11 is 0. The number of methoxy groups -OCH3 is 1. The molecule has 6 nitrogen and oxygen atoms in total. The van der Waals surface area contributed by atoms with Gasteiger partial charge in [-0.05, 0) is 36.2 Å². The summed E-state index contributed by atoms with van der Waals surface area (Å²) in [6.07, 6.45) is 1.69. The second-order valence-electron chi connectivity index (χ2n) is 5.70. The molecule has 3 N–H and O–H groups in total. The van der Waals surface area contributed by atoms with Crippen LogP contribution in [0.4, 0.5) is 5.69 Å². The molecule has 0 amide bonds. The van der Waals surface area contributed by atoms with E-state index in [0.717, 1.165) is 35.8 Å². The number of nitrogens with two attached hydrogens (primary N) is 1. The summed E-state index contributed by atoms with van der Waals surface area (Å²) in [7, 11) is 1.66. The Balaban J connectivity index is 1.55. The van der Waals surface area contributed by atoms with Crippen LogP contribution in [0, 0.1) is 0 Å². The molecule has 132 valence electrons. The van der Waals surface area contributed by atoms with E-state index in [1.54, 1.807) is 7.11 Å². The minimum atomic E-state index is 0.378. The Morgan fingerprint density at radius 3 is 2.64 bits per heavy atom. The first-order valence-corrected chi connectivity index (χ1v) is 8.34. The molecule has 0 saturated carbocycles. The van der Waals surface area contributed by atoms with E-state index in [4.69, 9.17) is 19.9 Å². The fourth-order valence-corrected chi connectivity index (χ4v) is 2.53. The van der Waals surface area contributed by atoms with Crippen molar-refractivity contribution in [3.8, 4) is 17.2 Å². The van der Waals surface area contributed by atoms with Crippen molar-refractivity contribution in [2.45, 2.75) is 12.8 Å². The maximum Gasteiger partial charge on any atom is 0.193 e. The Morgan fingerprint density at radius 2 is 1.88 bits per heavy atom. The second-order valence-corrected chi connectivity index (χ2v) is 5.70. The number of hydrogen-bond acceptors (Lipinski definition) is 4. The maximum atomic E-state index is 5.97. The fourth-order valence-electron chi connectivity index (χ4n) is 2.53. The molecule has 1 aliphatic heterocycles. The lowest BCUT2D eigenvalue weighted by molar-refractivity contribution is 0.297. The zero-order valence-corrected chi connectivity index (χ0v) is 14.3. The van der Waals surface area contributed by atoms with Crippen molar-refractivity contribution in [1.82, 2.24) is 0 Å². The van der Waals surface area contributed by atoms with Gasteiger partial charge in [-0.3, -0.25) is 4.99 Å². The van der Waals surface area contributed by atoms with E-state index in [9.17, 15) is 0 Å². The highest BCUT2D eigenvalue weighted by molar-refractivity contribution is 5.92. The Kier molecular flexibility index (Phi) is 5.61. The SMILES string of the molecule is COc1ccc(CCN=C(N)Nc2ccc3c(c2)OCCCO3)cc1. The molecular weight excluding hydrogens is 318 g/mol. The number of anilines is 1. The van der Waals surface area contributed by atoms with Gasteiger partial charge in [0.15, 0.2) is 17.5 Å². The topological polar surface area (TPSA) is 78.1 Å². The molecule has 0 aromatic heterocycles. The summed E-state index contributed by atoms with van der Waals surface area (Å²) < 4.78 is 16.4. The van der Waals surface area contributed by atoms with Gasteiger partial charge in [-0.2, -0.15) is 0 Å². The fraction of sp³-hybridized carbons (Fsp3) is 0.316. The number of nitrogens with one attached hydrogen (secondary N) is 1. The average molecular weight is 341 g/mol. The van der Waals surface area contributed by atoms with Crippen molar-refractivity contribution < 1.29 is 14.2 Å². The molecule has 0 unspecified atom stereocenters.